The molecule has 1 amide bonds. The molecule has 3 nitrogen and oxygen atoms in total. The predicted octanol–water partition coefficient (Wildman–Crippen LogP) is 1.20. The Balaban J connectivity index is 1.87. The number of amides is 1. The molecule has 4 rings (SSSR count). The summed E-state index contributed by atoms with van der Waals surface area (Å²) < 4.78 is 0. The highest BCUT2D eigenvalue weighted by molar-refractivity contribution is 5.80. The van der Waals surface area contributed by atoms with Crippen molar-refractivity contribution in [3.8, 4) is 0 Å². The number of piperazine rings is 1. The molecule has 1 aromatic carbocycles. The van der Waals surface area contributed by atoms with Crippen LogP contribution in [0.4, 0.5) is 0 Å². The normalized spacial score (nSPS) is 28.8. The zero-order valence-corrected chi connectivity index (χ0v) is 9.78. The van der Waals surface area contributed by atoms with Gasteiger partial charge in [-0.25, -0.2) is 0 Å². The van der Waals surface area contributed by atoms with E-state index in [1.807, 2.05) is 0 Å². The van der Waals surface area contributed by atoms with Gasteiger partial charge < -0.3 is 10.2 Å². The lowest BCUT2D eigenvalue weighted by molar-refractivity contribution is -0.136. The van der Waals surface area contributed by atoms with Crippen LogP contribution in [0.1, 0.15) is 30.0 Å². The van der Waals surface area contributed by atoms with Crippen molar-refractivity contribution in [2.75, 3.05) is 19.6 Å². The number of rotatable bonds is 0. The Morgan fingerprint density at radius 1 is 1.29 bits per heavy atom. The average Bonchev–Trinajstić information content (AvgIpc) is 3.12. The third-order valence-electron chi connectivity index (χ3n) is 4.53. The van der Waals surface area contributed by atoms with Gasteiger partial charge in [0.25, 0.3) is 0 Å². The smallest absolute Gasteiger partial charge is 0.237 e. The van der Waals surface area contributed by atoms with Crippen molar-refractivity contribution in [2.45, 2.75) is 24.3 Å². The van der Waals surface area contributed by atoms with E-state index in [4.69, 9.17) is 0 Å². The maximum Gasteiger partial charge on any atom is 0.237 e. The number of nitrogens with one attached hydrogen (secondary N) is 1. The Bertz CT molecular complexity index is 493. The molecule has 1 atom stereocenters. The molecule has 17 heavy (non-hydrogen) atoms. The number of hydrogen-bond donors (Lipinski definition) is 1. The first-order valence-corrected chi connectivity index (χ1v) is 6.40. The summed E-state index contributed by atoms with van der Waals surface area (Å²) in [6.07, 6.45) is 2.49. The van der Waals surface area contributed by atoms with Crippen molar-refractivity contribution in [1.82, 2.24) is 10.2 Å². The van der Waals surface area contributed by atoms with Gasteiger partial charge in [-0.3, -0.25) is 4.79 Å². The molecule has 2 fully saturated rings. The Hall–Kier alpha value is -1.35. The molecule has 0 radical (unpaired) electrons. The van der Waals surface area contributed by atoms with Gasteiger partial charge in [0, 0.05) is 18.5 Å². The standard InChI is InChI=1S/C14H16N2O/c17-13-8-15-7-12-10-3-1-2-4-11(10)14(5-6-14)9-16(12)13/h1-4,12,15H,5-9H2. The van der Waals surface area contributed by atoms with E-state index >= 15 is 0 Å². The van der Waals surface area contributed by atoms with Crippen LogP contribution in [0.15, 0.2) is 24.3 Å². The first kappa shape index (κ1) is 9.66. The van der Waals surface area contributed by atoms with Crippen molar-refractivity contribution < 1.29 is 4.79 Å². The van der Waals surface area contributed by atoms with Gasteiger partial charge in [-0.2, -0.15) is 0 Å². The van der Waals surface area contributed by atoms with Gasteiger partial charge in [-0.15, -0.1) is 0 Å². The summed E-state index contributed by atoms with van der Waals surface area (Å²) in [6.45, 7) is 2.35. The van der Waals surface area contributed by atoms with E-state index in [9.17, 15) is 4.79 Å². The third-order valence-corrected chi connectivity index (χ3v) is 4.53. The maximum atomic E-state index is 12.0. The molecule has 0 bridgehead atoms. The van der Waals surface area contributed by atoms with E-state index in [2.05, 4.69) is 34.5 Å². The van der Waals surface area contributed by atoms with Crippen LogP contribution in [0, 0.1) is 0 Å². The van der Waals surface area contributed by atoms with Crippen LogP contribution in [0.3, 0.4) is 0 Å². The molecular formula is C14H16N2O. The van der Waals surface area contributed by atoms with E-state index in [-0.39, 0.29) is 11.9 Å². The van der Waals surface area contributed by atoms with E-state index in [0.29, 0.717) is 12.0 Å². The number of benzene rings is 1. The molecule has 3 heteroatoms. The fraction of sp³-hybridized carbons (Fsp3) is 0.500. The Morgan fingerprint density at radius 3 is 2.94 bits per heavy atom. The van der Waals surface area contributed by atoms with Gasteiger partial charge in [0.05, 0.1) is 12.6 Å². The van der Waals surface area contributed by atoms with Gasteiger partial charge in [0.2, 0.25) is 5.91 Å². The lowest BCUT2D eigenvalue weighted by Crippen LogP contribution is -2.55. The van der Waals surface area contributed by atoms with Crippen LogP contribution in [0.5, 0.6) is 0 Å². The Morgan fingerprint density at radius 2 is 2.12 bits per heavy atom. The maximum absolute atomic E-state index is 12.0. The van der Waals surface area contributed by atoms with Crippen molar-refractivity contribution in [2.24, 2.45) is 0 Å². The van der Waals surface area contributed by atoms with Crippen LogP contribution >= 0.6 is 0 Å². The van der Waals surface area contributed by atoms with Crippen molar-refractivity contribution >= 4 is 5.91 Å². The monoisotopic (exact) mass is 228 g/mol. The second-order valence-electron chi connectivity index (χ2n) is 5.54. The van der Waals surface area contributed by atoms with Gasteiger partial charge in [-0.05, 0) is 24.0 Å². The number of hydrogen-bond acceptors (Lipinski definition) is 2. The van der Waals surface area contributed by atoms with Crippen molar-refractivity contribution in [1.29, 1.82) is 0 Å². The highest BCUT2D eigenvalue weighted by Crippen LogP contribution is 2.54. The molecular weight excluding hydrogens is 212 g/mol. The molecule has 1 saturated carbocycles. The molecule has 2 heterocycles. The second-order valence-corrected chi connectivity index (χ2v) is 5.54. The van der Waals surface area contributed by atoms with E-state index in [1.165, 1.54) is 24.0 Å². The van der Waals surface area contributed by atoms with Crippen LogP contribution in [-0.4, -0.2) is 30.4 Å². The van der Waals surface area contributed by atoms with Gasteiger partial charge in [-0.1, -0.05) is 24.3 Å². The van der Waals surface area contributed by atoms with Gasteiger partial charge >= 0.3 is 0 Å². The molecule has 1 saturated heterocycles. The first-order valence-electron chi connectivity index (χ1n) is 6.40. The lowest BCUT2D eigenvalue weighted by atomic mass is 9.82. The second kappa shape index (κ2) is 3.10. The summed E-state index contributed by atoms with van der Waals surface area (Å²) in [6, 6.07) is 8.95. The van der Waals surface area contributed by atoms with E-state index in [1.54, 1.807) is 0 Å². The SMILES string of the molecule is O=C1CNCC2c3ccccc3C3(CC3)CN12. The summed E-state index contributed by atoms with van der Waals surface area (Å²) in [5.41, 5.74) is 3.18. The molecule has 88 valence electrons. The number of carbonyl (C=O) groups excluding carboxylic acids is 1. The topological polar surface area (TPSA) is 32.3 Å². The van der Waals surface area contributed by atoms with Crippen LogP contribution in [-0.2, 0) is 10.2 Å². The fourth-order valence-corrected chi connectivity index (χ4v) is 3.44. The largest absolute Gasteiger partial charge is 0.332 e. The number of fused-ring (bicyclic) bond motifs is 4. The molecule has 1 aromatic rings. The third kappa shape index (κ3) is 1.23. The minimum Gasteiger partial charge on any atom is -0.332 e. The first-order chi connectivity index (χ1) is 8.30. The molecule has 1 unspecified atom stereocenters. The molecule has 0 aromatic heterocycles. The molecule has 1 spiro atoms. The van der Waals surface area contributed by atoms with Gasteiger partial charge in [0.15, 0.2) is 0 Å². The highest BCUT2D eigenvalue weighted by Gasteiger charge is 2.52. The van der Waals surface area contributed by atoms with Crippen LogP contribution in [0.25, 0.3) is 0 Å². The Kier molecular flexibility index (Phi) is 1.76. The average molecular weight is 228 g/mol. The molecule has 1 N–H and O–H groups in total. The van der Waals surface area contributed by atoms with E-state index < -0.39 is 0 Å². The minimum atomic E-state index is 0.263. The number of nitrogens with zero attached hydrogens (tertiary/aromatic N) is 1. The molecule has 1 aliphatic carbocycles. The summed E-state index contributed by atoms with van der Waals surface area (Å²) in [5.74, 6) is 0.266. The summed E-state index contributed by atoms with van der Waals surface area (Å²) in [4.78, 5) is 14.1. The van der Waals surface area contributed by atoms with Crippen molar-refractivity contribution in [3.05, 3.63) is 35.4 Å². The highest BCUT2D eigenvalue weighted by atomic mass is 16.2. The zero-order valence-electron chi connectivity index (χ0n) is 9.78. The van der Waals surface area contributed by atoms with Crippen LogP contribution in [0.2, 0.25) is 0 Å². The predicted molar refractivity (Wildman–Crippen MR) is 64.7 cm³/mol. The summed E-state index contributed by atoms with van der Waals surface area (Å²) >= 11 is 0. The Labute approximate surface area is 101 Å². The van der Waals surface area contributed by atoms with Crippen LogP contribution < -0.4 is 5.32 Å². The summed E-state index contributed by atoms with van der Waals surface area (Å²) in [7, 11) is 0. The summed E-state index contributed by atoms with van der Waals surface area (Å²) in [5, 5.41) is 3.23. The minimum absolute atomic E-state index is 0.263. The van der Waals surface area contributed by atoms with Gasteiger partial charge in [0.1, 0.15) is 0 Å². The molecule has 2 aliphatic heterocycles. The van der Waals surface area contributed by atoms with E-state index in [0.717, 1.165) is 13.1 Å². The number of carbonyl (C=O) groups is 1. The quantitative estimate of drug-likeness (QED) is 0.724. The zero-order chi connectivity index (χ0) is 11.5. The molecule has 3 aliphatic rings. The van der Waals surface area contributed by atoms with Crippen molar-refractivity contribution in [3.63, 3.8) is 0 Å². The fourth-order valence-electron chi connectivity index (χ4n) is 3.44. The lowest BCUT2D eigenvalue weighted by Gasteiger charge is -2.44.